The Labute approximate surface area is 106 Å². The van der Waals surface area contributed by atoms with Gasteiger partial charge in [0.05, 0.1) is 6.04 Å². The highest BCUT2D eigenvalue weighted by molar-refractivity contribution is 7.97. The van der Waals surface area contributed by atoms with Crippen molar-refractivity contribution in [2.45, 2.75) is 24.8 Å². The molecule has 1 unspecified atom stereocenters. The molecule has 3 heteroatoms. The van der Waals surface area contributed by atoms with Crippen molar-refractivity contribution in [2.24, 2.45) is 0 Å². The summed E-state index contributed by atoms with van der Waals surface area (Å²) in [5, 5.41) is 2.45. The number of fused-ring (bicyclic) bond motifs is 1. The molecule has 0 radical (unpaired) electrons. The van der Waals surface area contributed by atoms with Crippen molar-refractivity contribution in [3.05, 3.63) is 42.5 Å². The van der Waals surface area contributed by atoms with E-state index in [-0.39, 0.29) is 11.8 Å². The van der Waals surface area contributed by atoms with Gasteiger partial charge in [-0.1, -0.05) is 30.3 Å². The highest BCUT2D eigenvalue weighted by Gasteiger charge is 2.06. The van der Waals surface area contributed by atoms with Crippen LogP contribution in [0.3, 0.4) is 0 Å². The summed E-state index contributed by atoms with van der Waals surface area (Å²) in [5.74, 6) is 0.151. The molecule has 0 aliphatic rings. The third-order valence-corrected chi connectivity index (χ3v) is 3.65. The van der Waals surface area contributed by atoms with E-state index in [1.165, 1.54) is 22.7 Å². The van der Waals surface area contributed by atoms with Crippen LogP contribution in [0.1, 0.15) is 13.8 Å². The lowest BCUT2D eigenvalue weighted by molar-refractivity contribution is -0.118. The van der Waals surface area contributed by atoms with Gasteiger partial charge >= 0.3 is 0 Å². The molecule has 0 aliphatic heterocycles. The maximum atomic E-state index is 11.1. The standard InChI is InChI=1S/C14H15NOS/c1-10(11(2)16)15-17-14-8-7-12-5-3-4-6-13(12)9-14/h3-10,15H,1-2H3. The number of carbonyl (C=O) groups is 1. The van der Waals surface area contributed by atoms with Crippen molar-refractivity contribution in [3.63, 3.8) is 0 Å². The molecule has 0 aliphatic carbocycles. The number of rotatable bonds is 4. The smallest absolute Gasteiger partial charge is 0.147 e. The highest BCUT2D eigenvalue weighted by atomic mass is 32.2. The van der Waals surface area contributed by atoms with Gasteiger partial charge in [0, 0.05) is 4.90 Å². The Bertz CT molecular complexity index is 538. The zero-order chi connectivity index (χ0) is 12.3. The van der Waals surface area contributed by atoms with Crippen LogP contribution >= 0.6 is 11.9 Å². The predicted octanol–water partition coefficient (Wildman–Crippen LogP) is 3.41. The number of benzene rings is 2. The first-order valence-electron chi connectivity index (χ1n) is 5.58. The summed E-state index contributed by atoms with van der Waals surface area (Å²) in [5.41, 5.74) is 0. The number of ketones is 1. The third kappa shape index (κ3) is 3.08. The predicted molar refractivity (Wildman–Crippen MR) is 73.1 cm³/mol. The van der Waals surface area contributed by atoms with Gasteiger partial charge in [-0.15, -0.1) is 0 Å². The monoisotopic (exact) mass is 245 g/mol. The molecule has 0 aromatic heterocycles. The minimum atomic E-state index is -0.119. The van der Waals surface area contributed by atoms with Gasteiger partial charge in [0.1, 0.15) is 5.78 Å². The molecule has 0 amide bonds. The van der Waals surface area contributed by atoms with Crippen molar-refractivity contribution in [2.75, 3.05) is 0 Å². The van der Waals surface area contributed by atoms with E-state index in [0.29, 0.717) is 0 Å². The Kier molecular flexibility index (Phi) is 3.82. The van der Waals surface area contributed by atoms with Crippen LogP contribution in [0.2, 0.25) is 0 Å². The van der Waals surface area contributed by atoms with Crippen molar-refractivity contribution in [1.82, 2.24) is 4.72 Å². The summed E-state index contributed by atoms with van der Waals surface area (Å²) in [4.78, 5) is 12.2. The fourth-order valence-corrected chi connectivity index (χ4v) is 2.27. The molecule has 2 nitrogen and oxygen atoms in total. The fourth-order valence-electron chi connectivity index (χ4n) is 1.47. The molecular formula is C14H15NOS. The average Bonchev–Trinajstić information content (AvgIpc) is 2.35. The van der Waals surface area contributed by atoms with Crippen molar-refractivity contribution in [1.29, 1.82) is 0 Å². The molecule has 2 aromatic rings. The lowest BCUT2D eigenvalue weighted by atomic mass is 10.1. The first-order valence-corrected chi connectivity index (χ1v) is 6.40. The SMILES string of the molecule is CC(=O)C(C)NSc1ccc2ccccc2c1. The van der Waals surface area contributed by atoms with Crippen molar-refractivity contribution >= 4 is 28.5 Å². The third-order valence-electron chi connectivity index (χ3n) is 2.68. The molecule has 2 aromatic carbocycles. The average molecular weight is 245 g/mol. The van der Waals surface area contributed by atoms with Gasteiger partial charge in [0.15, 0.2) is 0 Å². The van der Waals surface area contributed by atoms with E-state index in [4.69, 9.17) is 0 Å². The molecule has 1 atom stereocenters. The Hall–Kier alpha value is -1.32. The van der Waals surface area contributed by atoms with E-state index in [9.17, 15) is 4.79 Å². The zero-order valence-electron chi connectivity index (χ0n) is 9.94. The molecule has 88 valence electrons. The zero-order valence-corrected chi connectivity index (χ0v) is 10.8. The lowest BCUT2D eigenvalue weighted by Gasteiger charge is -2.09. The number of carbonyl (C=O) groups excluding carboxylic acids is 1. The summed E-state index contributed by atoms with van der Waals surface area (Å²) >= 11 is 1.50. The van der Waals surface area contributed by atoms with E-state index >= 15 is 0 Å². The van der Waals surface area contributed by atoms with E-state index in [1.807, 2.05) is 19.1 Å². The normalized spacial score (nSPS) is 12.6. The Morgan fingerprint density at radius 3 is 2.59 bits per heavy atom. The van der Waals surface area contributed by atoms with Crippen molar-refractivity contribution < 1.29 is 4.79 Å². The summed E-state index contributed by atoms with van der Waals surface area (Å²) in [7, 11) is 0. The second-order valence-electron chi connectivity index (χ2n) is 4.06. The number of hydrogen-bond donors (Lipinski definition) is 1. The molecule has 0 spiro atoms. The number of hydrogen-bond acceptors (Lipinski definition) is 3. The van der Waals surface area contributed by atoms with Crippen LogP contribution in [-0.4, -0.2) is 11.8 Å². The molecule has 0 fully saturated rings. The van der Waals surface area contributed by atoms with Gasteiger partial charge in [0.2, 0.25) is 0 Å². The molecular weight excluding hydrogens is 230 g/mol. The van der Waals surface area contributed by atoms with Crippen LogP contribution in [0.5, 0.6) is 0 Å². The van der Waals surface area contributed by atoms with Gasteiger partial charge < -0.3 is 0 Å². The lowest BCUT2D eigenvalue weighted by Crippen LogP contribution is -2.26. The van der Waals surface area contributed by atoms with Crippen molar-refractivity contribution in [3.8, 4) is 0 Å². The van der Waals surface area contributed by atoms with Gasteiger partial charge in [0.25, 0.3) is 0 Å². The molecule has 0 saturated carbocycles. The van der Waals surface area contributed by atoms with Gasteiger partial charge in [-0.3, -0.25) is 4.79 Å². The van der Waals surface area contributed by atoms with E-state index in [1.54, 1.807) is 6.92 Å². The van der Waals surface area contributed by atoms with Gasteiger partial charge in [-0.25, -0.2) is 4.72 Å². The van der Waals surface area contributed by atoms with Gasteiger partial charge in [-0.05, 0) is 48.7 Å². The Morgan fingerprint density at radius 2 is 1.88 bits per heavy atom. The van der Waals surface area contributed by atoms with Crippen LogP contribution in [0.15, 0.2) is 47.4 Å². The van der Waals surface area contributed by atoms with Crippen LogP contribution in [-0.2, 0) is 4.79 Å². The molecule has 2 rings (SSSR count). The summed E-state index contributed by atoms with van der Waals surface area (Å²) in [6.45, 7) is 3.47. The van der Waals surface area contributed by atoms with Gasteiger partial charge in [-0.2, -0.15) is 0 Å². The largest absolute Gasteiger partial charge is 0.298 e. The molecule has 1 N–H and O–H groups in total. The first kappa shape index (κ1) is 12.1. The topological polar surface area (TPSA) is 29.1 Å². The molecule has 0 bridgehead atoms. The number of nitrogens with one attached hydrogen (secondary N) is 1. The van der Waals surface area contributed by atoms with E-state index < -0.39 is 0 Å². The Balaban J connectivity index is 2.12. The van der Waals surface area contributed by atoms with Crippen LogP contribution in [0.4, 0.5) is 0 Å². The van der Waals surface area contributed by atoms with Crippen LogP contribution in [0.25, 0.3) is 10.8 Å². The maximum Gasteiger partial charge on any atom is 0.147 e. The summed E-state index contributed by atoms with van der Waals surface area (Å²) in [6.07, 6.45) is 0. The first-order chi connectivity index (χ1) is 8.16. The molecule has 0 heterocycles. The minimum Gasteiger partial charge on any atom is -0.298 e. The molecule has 0 saturated heterocycles. The van der Waals surface area contributed by atoms with Crippen LogP contribution < -0.4 is 4.72 Å². The highest BCUT2D eigenvalue weighted by Crippen LogP contribution is 2.21. The fraction of sp³-hybridized carbons (Fsp3) is 0.214. The van der Waals surface area contributed by atoms with E-state index in [0.717, 1.165) is 4.90 Å². The minimum absolute atomic E-state index is 0.119. The van der Waals surface area contributed by atoms with Crippen LogP contribution in [0, 0.1) is 0 Å². The Morgan fingerprint density at radius 1 is 1.18 bits per heavy atom. The maximum absolute atomic E-state index is 11.1. The quantitative estimate of drug-likeness (QED) is 0.837. The number of Topliss-reactive ketones (excluding diaryl/α,β-unsaturated/α-hetero) is 1. The summed E-state index contributed by atoms with van der Waals surface area (Å²) in [6, 6.07) is 14.4. The second-order valence-corrected chi connectivity index (χ2v) is 4.97. The second kappa shape index (κ2) is 5.34. The molecule has 17 heavy (non-hydrogen) atoms. The summed E-state index contributed by atoms with van der Waals surface area (Å²) < 4.78 is 3.13. The van der Waals surface area contributed by atoms with E-state index in [2.05, 4.69) is 35.1 Å².